The number of hydrogen-bond donors (Lipinski definition) is 0. The minimum Gasteiger partial charge on any atom is -0.229 e. The van der Waals surface area contributed by atoms with Gasteiger partial charge in [-0.15, -0.1) is 0 Å². The lowest BCUT2D eigenvalue weighted by atomic mass is 9.79. The fourth-order valence-electron chi connectivity index (χ4n) is 3.71. The minimum atomic E-state index is -4.89. The standard InChI is InChI=1S/C18HF13/c19-6-1-2(8(21)14(27)13(6)26)7(20)11(24)4(1)18(31)5-3(10(23)17(18)30)9(22)15(28)16(29)12(5)25/h4H. The van der Waals surface area contributed by atoms with E-state index in [4.69, 9.17) is 0 Å². The molecular weight excluding hydrogens is 463 g/mol. The molecule has 0 fully saturated rings. The Morgan fingerprint density at radius 3 is 1.48 bits per heavy atom. The molecule has 0 aromatic heterocycles. The summed E-state index contributed by atoms with van der Waals surface area (Å²) in [4.78, 5) is 0. The van der Waals surface area contributed by atoms with Crippen molar-refractivity contribution in [2.75, 3.05) is 0 Å². The van der Waals surface area contributed by atoms with Gasteiger partial charge in [-0.25, -0.2) is 57.1 Å². The van der Waals surface area contributed by atoms with Crippen molar-refractivity contribution in [2.45, 2.75) is 11.6 Å². The molecule has 0 nitrogen and oxygen atoms in total. The van der Waals surface area contributed by atoms with Crippen LogP contribution in [0.1, 0.15) is 28.2 Å². The molecule has 13 heteroatoms. The zero-order valence-electron chi connectivity index (χ0n) is 14.0. The van der Waals surface area contributed by atoms with Crippen LogP contribution < -0.4 is 0 Å². The number of benzene rings is 2. The SMILES string of the molecule is FC1=C(F)C(C2(F)C(F)=C(F)c3c(F)c(F)c(F)c(F)c32)c2c(F)c(F)c(F)c(F)c21. The van der Waals surface area contributed by atoms with E-state index >= 15 is 4.39 Å². The third kappa shape index (κ3) is 2.23. The van der Waals surface area contributed by atoms with Gasteiger partial charge in [-0.3, -0.25) is 0 Å². The Hall–Kier alpha value is -2.99. The van der Waals surface area contributed by atoms with E-state index in [0.717, 1.165) is 0 Å². The van der Waals surface area contributed by atoms with Gasteiger partial charge in [0.05, 0.1) is 17.0 Å². The van der Waals surface area contributed by atoms with Crippen LogP contribution in [0.5, 0.6) is 0 Å². The van der Waals surface area contributed by atoms with Gasteiger partial charge < -0.3 is 0 Å². The van der Waals surface area contributed by atoms with Gasteiger partial charge in [-0.05, 0) is 0 Å². The summed E-state index contributed by atoms with van der Waals surface area (Å²) < 4.78 is 183. The van der Waals surface area contributed by atoms with E-state index in [0.29, 0.717) is 0 Å². The van der Waals surface area contributed by atoms with Crippen LogP contribution in [0.15, 0.2) is 11.7 Å². The van der Waals surface area contributed by atoms with Gasteiger partial charge in [-0.2, -0.15) is 0 Å². The fraction of sp³-hybridized carbons (Fsp3) is 0.111. The van der Waals surface area contributed by atoms with E-state index < -0.39 is 104 Å². The molecule has 31 heavy (non-hydrogen) atoms. The van der Waals surface area contributed by atoms with Crippen molar-refractivity contribution in [1.29, 1.82) is 0 Å². The van der Waals surface area contributed by atoms with Crippen LogP contribution in [0.25, 0.3) is 11.7 Å². The maximum atomic E-state index is 15.7. The molecule has 2 aromatic carbocycles. The quantitative estimate of drug-likeness (QED) is 0.243. The van der Waals surface area contributed by atoms with E-state index in [1.54, 1.807) is 0 Å². The zero-order chi connectivity index (χ0) is 23.3. The molecule has 0 heterocycles. The lowest BCUT2D eigenvalue weighted by Crippen LogP contribution is -2.31. The van der Waals surface area contributed by atoms with Crippen molar-refractivity contribution in [3.05, 3.63) is 80.4 Å². The van der Waals surface area contributed by atoms with Gasteiger partial charge in [0.1, 0.15) is 5.83 Å². The molecule has 2 aromatic rings. The highest BCUT2D eigenvalue weighted by molar-refractivity contribution is 5.80. The maximum absolute atomic E-state index is 15.7. The van der Waals surface area contributed by atoms with Crippen molar-refractivity contribution in [3.8, 4) is 0 Å². The third-order valence-corrected chi connectivity index (χ3v) is 5.04. The number of halogens is 13. The molecule has 2 aliphatic rings. The van der Waals surface area contributed by atoms with Gasteiger partial charge in [-0.1, -0.05) is 0 Å². The van der Waals surface area contributed by atoms with Crippen LogP contribution >= 0.6 is 0 Å². The second-order valence-corrected chi connectivity index (χ2v) is 6.49. The molecule has 0 aliphatic heterocycles. The molecule has 2 aliphatic carbocycles. The minimum absolute atomic E-state index is 2.08. The number of fused-ring (bicyclic) bond motifs is 2. The van der Waals surface area contributed by atoms with Crippen LogP contribution in [-0.4, -0.2) is 0 Å². The van der Waals surface area contributed by atoms with E-state index in [9.17, 15) is 52.7 Å². The summed E-state index contributed by atoms with van der Waals surface area (Å²) in [6, 6.07) is 0. The van der Waals surface area contributed by atoms with Crippen LogP contribution in [0.3, 0.4) is 0 Å². The van der Waals surface area contributed by atoms with Gasteiger partial charge in [0.25, 0.3) is 0 Å². The molecule has 0 bridgehead atoms. The van der Waals surface area contributed by atoms with Crippen LogP contribution in [0.4, 0.5) is 57.1 Å². The number of allylic oxidation sites excluding steroid dienone is 2. The van der Waals surface area contributed by atoms with Crippen molar-refractivity contribution in [2.24, 2.45) is 0 Å². The van der Waals surface area contributed by atoms with Crippen molar-refractivity contribution in [3.63, 3.8) is 0 Å². The van der Waals surface area contributed by atoms with Gasteiger partial charge in [0.2, 0.25) is 5.67 Å². The summed E-state index contributed by atoms with van der Waals surface area (Å²) in [6.45, 7) is 0. The zero-order valence-corrected chi connectivity index (χ0v) is 14.0. The van der Waals surface area contributed by atoms with Crippen molar-refractivity contribution < 1.29 is 57.1 Å². The topological polar surface area (TPSA) is 0 Å². The van der Waals surface area contributed by atoms with Gasteiger partial charge in [0, 0.05) is 11.1 Å². The second kappa shape index (κ2) is 6.26. The molecule has 0 radical (unpaired) electrons. The predicted octanol–water partition coefficient (Wildman–Crippen LogP) is 6.99. The first kappa shape index (κ1) is 21.2. The summed E-state index contributed by atoms with van der Waals surface area (Å²) in [5, 5.41) is 0. The van der Waals surface area contributed by atoms with Crippen molar-refractivity contribution >= 4 is 11.7 Å². The second-order valence-electron chi connectivity index (χ2n) is 6.49. The molecule has 0 amide bonds. The normalized spacial score (nSPS) is 22.5. The molecule has 2 atom stereocenters. The Morgan fingerprint density at radius 2 is 0.935 bits per heavy atom. The van der Waals surface area contributed by atoms with E-state index in [1.807, 2.05) is 0 Å². The molecular formula is C18HF13. The van der Waals surface area contributed by atoms with E-state index in [-0.39, 0.29) is 0 Å². The fourth-order valence-corrected chi connectivity index (χ4v) is 3.71. The first-order valence-corrected chi connectivity index (χ1v) is 7.82. The lowest BCUT2D eigenvalue weighted by Gasteiger charge is -2.28. The molecule has 0 saturated heterocycles. The lowest BCUT2D eigenvalue weighted by molar-refractivity contribution is 0.136. The predicted molar refractivity (Wildman–Crippen MR) is 76.3 cm³/mol. The number of rotatable bonds is 1. The maximum Gasteiger partial charge on any atom is 0.207 e. The van der Waals surface area contributed by atoms with Gasteiger partial charge >= 0.3 is 0 Å². The Bertz CT molecular complexity index is 1270. The van der Waals surface area contributed by atoms with E-state index in [1.165, 1.54) is 0 Å². The summed E-state index contributed by atoms with van der Waals surface area (Å²) in [5.74, 6) is -36.5. The number of alkyl halides is 1. The highest BCUT2D eigenvalue weighted by atomic mass is 19.2. The summed E-state index contributed by atoms with van der Waals surface area (Å²) >= 11 is 0. The summed E-state index contributed by atoms with van der Waals surface area (Å²) in [5.41, 5.74) is -13.7. The highest BCUT2D eigenvalue weighted by Crippen LogP contribution is 2.63. The molecule has 0 N–H and O–H groups in total. The van der Waals surface area contributed by atoms with Crippen LogP contribution in [0, 0.1) is 46.5 Å². The Labute approximate surface area is 161 Å². The Morgan fingerprint density at radius 1 is 0.484 bits per heavy atom. The average molecular weight is 464 g/mol. The first-order valence-electron chi connectivity index (χ1n) is 7.82. The molecule has 4 rings (SSSR count). The monoisotopic (exact) mass is 464 g/mol. The molecule has 0 spiro atoms. The summed E-state index contributed by atoms with van der Waals surface area (Å²) in [6.07, 6.45) is 0. The van der Waals surface area contributed by atoms with Crippen LogP contribution in [0.2, 0.25) is 0 Å². The van der Waals surface area contributed by atoms with E-state index in [2.05, 4.69) is 0 Å². The summed E-state index contributed by atoms with van der Waals surface area (Å²) in [7, 11) is 0. The largest absolute Gasteiger partial charge is 0.229 e. The third-order valence-electron chi connectivity index (χ3n) is 5.04. The molecule has 2 unspecified atom stereocenters. The van der Waals surface area contributed by atoms with Crippen LogP contribution in [-0.2, 0) is 5.67 Å². The van der Waals surface area contributed by atoms with Crippen molar-refractivity contribution in [1.82, 2.24) is 0 Å². The average Bonchev–Trinajstić information content (AvgIpc) is 3.11. The Kier molecular flexibility index (Phi) is 4.29. The number of hydrogen-bond acceptors (Lipinski definition) is 0. The Balaban J connectivity index is 2.17. The van der Waals surface area contributed by atoms with Gasteiger partial charge in [0.15, 0.2) is 64.0 Å². The first-order chi connectivity index (χ1) is 14.3. The molecule has 0 saturated carbocycles. The molecule has 164 valence electrons. The highest BCUT2D eigenvalue weighted by Gasteiger charge is 2.63. The smallest absolute Gasteiger partial charge is 0.207 e.